The van der Waals surface area contributed by atoms with Crippen LogP contribution in [0.1, 0.15) is 6.42 Å². The lowest BCUT2D eigenvalue weighted by Gasteiger charge is -2.17. The zero-order chi connectivity index (χ0) is 28.3. The number of hydrogen-bond donors (Lipinski definition) is 1. The number of nitrogens with zero attached hydrogens (tertiary/aromatic N) is 6. The molecule has 3 aromatic heterocycles. The van der Waals surface area contributed by atoms with E-state index in [4.69, 9.17) is 14.2 Å². The molecule has 0 aliphatic carbocycles. The largest absolute Gasteiger partial charge is 0.489 e. The standard InChI is InChI=1S/C31H33N7O3/c1-36(2)14-15-38-29-21(16-28(30(38)39)27-7-5-4-6-26(27)22-18-33-40-20-22)17-32-31(35-29)34-23-8-10-24(11-9-23)41-25-12-13-37(3)19-25/h4-11,16-18,20,25H,12-15,19H2,1-3H3,(H,32,34,35). The van der Waals surface area contributed by atoms with Crippen LogP contribution in [0.4, 0.5) is 11.6 Å². The Morgan fingerprint density at radius 2 is 1.88 bits per heavy atom. The topological polar surface area (TPSA) is 102 Å². The summed E-state index contributed by atoms with van der Waals surface area (Å²) in [6, 6.07) is 17.4. The summed E-state index contributed by atoms with van der Waals surface area (Å²) < 4.78 is 12.9. The Labute approximate surface area is 238 Å². The summed E-state index contributed by atoms with van der Waals surface area (Å²) in [5.74, 6) is 1.26. The van der Waals surface area contributed by atoms with Crippen LogP contribution in [0.5, 0.6) is 5.75 Å². The Hall–Kier alpha value is -4.54. The molecule has 10 heteroatoms. The summed E-state index contributed by atoms with van der Waals surface area (Å²) in [5.41, 5.74) is 4.34. The number of ether oxygens (including phenoxy) is 1. The quantitative estimate of drug-likeness (QED) is 0.284. The van der Waals surface area contributed by atoms with Crippen LogP contribution in [0.2, 0.25) is 0 Å². The monoisotopic (exact) mass is 551 g/mol. The van der Waals surface area contributed by atoms with Crippen molar-refractivity contribution in [1.82, 2.24) is 29.5 Å². The second-order valence-corrected chi connectivity index (χ2v) is 10.7. The Kier molecular flexibility index (Phi) is 7.49. The molecule has 1 N–H and O–H groups in total. The van der Waals surface area contributed by atoms with Gasteiger partial charge in [0.05, 0.1) is 6.20 Å². The van der Waals surface area contributed by atoms with Crippen LogP contribution in [0.15, 0.2) is 82.6 Å². The summed E-state index contributed by atoms with van der Waals surface area (Å²) in [4.78, 5) is 27.7. The number of nitrogens with one attached hydrogen (secondary N) is 1. The van der Waals surface area contributed by atoms with Crippen molar-refractivity contribution in [3.8, 4) is 28.0 Å². The van der Waals surface area contributed by atoms with E-state index in [2.05, 4.69) is 27.4 Å². The number of likely N-dealkylation sites (tertiary alicyclic amines) is 1. The normalized spacial score (nSPS) is 15.6. The van der Waals surface area contributed by atoms with Crippen LogP contribution in [0, 0.1) is 0 Å². The van der Waals surface area contributed by atoms with Crippen molar-refractivity contribution in [3.05, 3.63) is 83.6 Å². The maximum Gasteiger partial charge on any atom is 0.260 e. The van der Waals surface area contributed by atoms with Crippen LogP contribution >= 0.6 is 0 Å². The molecule has 6 rings (SSSR count). The molecule has 0 bridgehead atoms. The van der Waals surface area contributed by atoms with E-state index in [1.165, 1.54) is 0 Å². The zero-order valence-corrected chi connectivity index (χ0v) is 23.4. The number of likely N-dealkylation sites (N-methyl/N-ethyl adjacent to an activating group) is 2. The van der Waals surface area contributed by atoms with Gasteiger partial charge in [-0.3, -0.25) is 9.36 Å². The Morgan fingerprint density at radius 1 is 1.07 bits per heavy atom. The van der Waals surface area contributed by atoms with Crippen molar-refractivity contribution in [2.24, 2.45) is 0 Å². The summed E-state index contributed by atoms with van der Waals surface area (Å²) in [5, 5.41) is 7.90. The summed E-state index contributed by atoms with van der Waals surface area (Å²) in [7, 11) is 6.08. The molecule has 0 radical (unpaired) electrons. The average molecular weight is 552 g/mol. The fraction of sp³-hybridized carbons (Fsp3) is 0.290. The van der Waals surface area contributed by atoms with Crippen molar-refractivity contribution >= 4 is 22.7 Å². The van der Waals surface area contributed by atoms with E-state index in [9.17, 15) is 4.79 Å². The maximum atomic E-state index is 14.0. The van der Waals surface area contributed by atoms with Gasteiger partial charge in [-0.25, -0.2) is 4.98 Å². The number of hydrogen-bond acceptors (Lipinski definition) is 9. The minimum Gasteiger partial charge on any atom is -0.489 e. The van der Waals surface area contributed by atoms with Gasteiger partial charge in [-0.05, 0) is 69.0 Å². The molecule has 1 fully saturated rings. The van der Waals surface area contributed by atoms with Crippen molar-refractivity contribution in [1.29, 1.82) is 0 Å². The van der Waals surface area contributed by atoms with Gasteiger partial charge in [0.25, 0.3) is 5.56 Å². The molecule has 210 valence electrons. The Morgan fingerprint density at radius 3 is 2.59 bits per heavy atom. The fourth-order valence-electron chi connectivity index (χ4n) is 5.16. The fourth-order valence-corrected chi connectivity index (χ4v) is 5.16. The highest BCUT2D eigenvalue weighted by Crippen LogP contribution is 2.31. The maximum absolute atomic E-state index is 14.0. The molecule has 1 atom stereocenters. The van der Waals surface area contributed by atoms with Gasteiger partial charge in [0.15, 0.2) is 0 Å². The predicted molar refractivity (Wildman–Crippen MR) is 160 cm³/mol. The lowest BCUT2D eigenvalue weighted by molar-refractivity contribution is 0.208. The first kappa shape index (κ1) is 26.7. The third-order valence-corrected chi connectivity index (χ3v) is 7.32. The second-order valence-electron chi connectivity index (χ2n) is 10.7. The van der Waals surface area contributed by atoms with E-state index in [0.717, 1.165) is 53.0 Å². The minimum atomic E-state index is -0.119. The molecule has 41 heavy (non-hydrogen) atoms. The van der Waals surface area contributed by atoms with Crippen LogP contribution in [0.3, 0.4) is 0 Å². The van der Waals surface area contributed by atoms with Crippen molar-refractivity contribution in [2.75, 3.05) is 46.1 Å². The third-order valence-electron chi connectivity index (χ3n) is 7.32. The molecule has 2 aromatic carbocycles. The molecule has 0 spiro atoms. The zero-order valence-electron chi connectivity index (χ0n) is 23.4. The van der Waals surface area contributed by atoms with Gasteiger partial charge in [0, 0.05) is 54.6 Å². The summed E-state index contributed by atoms with van der Waals surface area (Å²) in [6.07, 6.45) is 6.24. The molecule has 0 saturated carbocycles. The van der Waals surface area contributed by atoms with Crippen molar-refractivity contribution in [3.63, 3.8) is 0 Å². The Balaban J connectivity index is 1.33. The van der Waals surface area contributed by atoms with Gasteiger partial charge in [-0.15, -0.1) is 0 Å². The van der Waals surface area contributed by atoms with Gasteiger partial charge in [-0.1, -0.05) is 29.4 Å². The summed E-state index contributed by atoms with van der Waals surface area (Å²) in [6.45, 7) is 3.15. The Bertz CT molecular complexity index is 1700. The van der Waals surface area contributed by atoms with Gasteiger partial charge < -0.3 is 24.4 Å². The van der Waals surface area contributed by atoms with E-state index in [1.54, 1.807) is 23.2 Å². The number of benzene rings is 2. The lowest BCUT2D eigenvalue weighted by atomic mass is 9.96. The molecule has 1 unspecified atom stereocenters. The van der Waals surface area contributed by atoms with Crippen LogP contribution in [0.25, 0.3) is 33.3 Å². The summed E-state index contributed by atoms with van der Waals surface area (Å²) >= 11 is 0. The molecule has 0 amide bonds. The number of aromatic nitrogens is 4. The van der Waals surface area contributed by atoms with E-state index >= 15 is 0 Å². The van der Waals surface area contributed by atoms with Crippen molar-refractivity contribution in [2.45, 2.75) is 19.1 Å². The SMILES string of the molecule is CN(C)CCn1c(=O)c(-c2ccccc2-c2cnoc2)cc2cnc(Nc3ccc(OC4CCN(C)C4)cc3)nc21. The first-order valence-electron chi connectivity index (χ1n) is 13.7. The van der Waals surface area contributed by atoms with Crippen molar-refractivity contribution < 1.29 is 9.26 Å². The minimum absolute atomic E-state index is 0.119. The number of pyridine rings is 1. The number of anilines is 2. The van der Waals surface area contributed by atoms with E-state index in [0.29, 0.717) is 30.2 Å². The highest BCUT2D eigenvalue weighted by molar-refractivity contribution is 5.87. The van der Waals surface area contributed by atoms with Gasteiger partial charge in [0.1, 0.15) is 23.8 Å². The predicted octanol–water partition coefficient (Wildman–Crippen LogP) is 4.50. The molecule has 1 aliphatic rings. The highest BCUT2D eigenvalue weighted by Gasteiger charge is 2.21. The van der Waals surface area contributed by atoms with Gasteiger partial charge >= 0.3 is 0 Å². The van der Waals surface area contributed by atoms with Gasteiger partial charge in [-0.2, -0.15) is 4.98 Å². The first-order chi connectivity index (χ1) is 19.9. The molecule has 10 nitrogen and oxygen atoms in total. The van der Waals surface area contributed by atoms with Gasteiger partial charge in [0.2, 0.25) is 5.95 Å². The lowest BCUT2D eigenvalue weighted by Crippen LogP contribution is -2.28. The highest BCUT2D eigenvalue weighted by atomic mass is 16.5. The van der Waals surface area contributed by atoms with E-state index in [-0.39, 0.29) is 11.7 Å². The molecule has 5 aromatic rings. The average Bonchev–Trinajstić information content (AvgIpc) is 3.65. The van der Waals surface area contributed by atoms with Crippen LogP contribution in [-0.2, 0) is 6.54 Å². The first-order valence-corrected chi connectivity index (χ1v) is 13.7. The molecule has 4 heterocycles. The second kappa shape index (κ2) is 11.5. The third kappa shape index (κ3) is 5.84. The van der Waals surface area contributed by atoms with Crippen LogP contribution in [-0.4, -0.2) is 76.4 Å². The smallest absolute Gasteiger partial charge is 0.260 e. The van der Waals surface area contributed by atoms with E-state index in [1.807, 2.05) is 73.6 Å². The molecular weight excluding hydrogens is 518 g/mol. The molecule has 1 aliphatic heterocycles. The van der Waals surface area contributed by atoms with E-state index < -0.39 is 0 Å². The molecule has 1 saturated heterocycles. The van der Waals surface area contributed by atoms with Crippen LogP contribution < -0.4 is 15.6 Å². The number of rotatable bonds is 9. The molecular formula is C31H33N7O3. The number of fused-ring (bicyclic) bond motifs is 1.